The number of ether oxygens (including phenoxy) is 1. The molecule has 0 saturated carbocycles. The van der Waals surface area contributed by atoms with Crippen molar-refractivity contribution in [1.29, 1.82) is 0 Å². The molecule has 2 rings (SSSR count). The number of pyridine rings is 1. The zero-order valence-electron chi connectivity index (χ0n) is 13.2. The monoisotopic (exact) mass is 373 g/mol. The van der Waals surface area contributed by atoms with E-state index in [0.717, 1.165) is 17.3 Å². The van der Waals surface area contributed by atoms with Crippen LogP contribution in [0.5, 0.6) is 5.75 Å². The van der Waals surface area contributed by atoms with Crippen LogP contribution in [-0.4, -0.2) is 29.6 Å². The number of thioether (sulfide) groups is 1. The summed E-state index contributed by atoms with van der Waals surface area (Å²) in [7, 11) is 1.52. The average molecular weight is 374 g/mol. The van der Waals surface area contributed by atoms with Crippen molar-refractivity contribution in [1.82, 2.24) is 4.98 Å². The van der Waals surface area contributed by atoms with Gasteiger partial charge in [0, 0.05) is 23.2 Å². The Morgan fingerprint density at radius 2 is 2.08 bits per heavy atom. The third-order valence-electron chi connectivity index (χ3n) is 2.93. The zero-order valence-corrected chi connectivity index (χ0v) is 16.8. The second kappa shape index (κ2) is 10.1. The Bertz CT molecular complexity index is 742. The number of carboxylic acid groups (broad SMARTS) is 1. The van der Waals surface area contributed by atoms with Crippen LogP contribution in [0.25, 0.3) is 0 Å². The Balaban J connectivity index is 0.00000288. The van der Waals surface area contributed by atoms with Gasteiger partial charge in [-0.25, -0.2) is 4.98 Å². The molecule has 0 aliphatic rings. The van der Waals surface area contributed by atoms with Crippen molar-refractivity contribution in [3.05, 3.63) is 52.7 Å². The molecular weight excluding hydrogens is 361 g/mol. The van der Waals surface area contributed by atoms with E-state index in [1.165, 1.54) is 25.4 Å². The fourth-order valence-corrected chi connectivity index (χ4v) is 3.02. The molecule has 8 heteroatoms. The quantitative estimate of drug-likeness (QED) is 0.458. The van der Waals surface area contributed by atoms with Gasteiger partial charge in [0.25, 0.3) is 0 Å². The summed E-state index contributed by atoms with van der Waals surface area (Å²) in [6, 6.07) is 8.00. The molecule has 1 heterocycles. The molecule has 2 aromatic rings. The minimum atomic E-state index is -1.31. The molecule has 0 fully saturated rings. The molecule has 0 saturated heterocycles. The number of nitrogens with zero attached hydrogens (tertiary/aromatic N) is 1. The van der Waals surface area contributed by atoms with Crippen LogP contribution in [0.15, 0.2) is 41.6 Å². The fraction of sp³-hybridized carbons (Fsp3) is 0.188. The number of Topliss-reactive ketones (excluding diaryl/α,β-unsaturated/α-hetero) is 1. The summed E-state index contributed by atoms with van der Waals surface area (Å²) in [5.74, 6) is -0.703. The number of aromatic nitrogens is 1. The predicted octanol–water partition coefficient (Wildman–Crippen LogP) is -0.985. The van der Waals surface area contributed by atoms with Crippen molar-refractivity contribution >= 4 is 35.1 Å². The van der Waals surface area contributed by atoms with Crippen molar-refractivity contribution in [2.75, 3.05) is 12.9 Å². The molecule has 0 spiro atoms. The zero-order chi connectivity index (χ0) is 16.8. The normalized spacial score (nSPS) is 9.92. The molecule has 0 N–H and O–H groups in total. The Labute approximate surface area is 171 Å². The summed E-state index contributed by atoms with van der Waals surface area (Å²) in [6.45, 7) is 0. The van der Waals surface area contributed by atoms with E-state index in [4.69, 9.17) is 16.3 Å². The van der Waals surface area contributed by atoms with Crippen molar-refractivity contribution < 1.29 is 49.0 Å². The standard InChI is InChI=1S/C16H14ClNO4S.Na/c1-22-13-7-10(5-11(17)8-13)6-12(19)9-23-15-14(16(20)21)3-2-4-18-15;/h2-5,7-8H,6,9H2,1H3,(H,20,21);/q;+1/p-1. The summed E-state index contributed by atoms with van der Waals surface area (Å²) < 4.78 is 5.11. The topological polar surface area (TPSA) is 79.3 Å². The van der Waals surface area contributed by atoms with E-state index < -0.39 is 5.97 Å². The SMILES string of the molecule is COc1cc(Cl)cc(CC(=O)CSc2ncccc2C(=O)[O-])c1.[Na+]. The summed E-state index contributed by atoms with van der Waals surface area (Å²) in [4.78, 5) is 27.0. The maximum Gasteiger partial charge on any atom is 1.00 e. The van der Waals surface area contributed by atoms with E-state index in [2.05, 4.69) is 4.98 Å². The number of hydrogen-bond donors (Lipinski definition) is 0. The van der Waals surface area contributed by atoms with Crippen molar-refractivity contribution in [3.8, 4) is 5.75 Å². The number of rotatable bonds is 7. The smallest absolute Gasteiger partial charge is 0.545 e. The second-order valence-corrected chi connectivity index (χ2v) is 6.05. The van der Waals surface area contributed by atoms with Crippen LogP contribution in [0.2, 0.25) is 5.02 Å². The molecular formula is C16H13ClNNaO4S. The number of benzene rings is 1. The third-order valence-corrected chi connectivity index (χ3v) is 4.21. The van der Waals surface area contributed by atoms with E-state index in [9.17, 15) is 14.7 Å². The van der Waals surface area contributed by atoms with Gasteiger partial charge in [0.05, 0.1) is 18.8 Å². The fourth-order valence-electron chi connectivity index (χ4n) is 1.93. The molecule has 0 atom stereocenters. The summed E-state index contributed by atoms with van der Waals surface area (Å²) in [5, 5.41) is 11.7. The van der Waals surface area contributed by atoms with Crippen LogP contribution in [-0.2, 0) is 11.2 Å². The summed E-state index contributed by atoms with van der Waals surface area (Å²) in [5.41, 5.74) is 0.718. The summed E-state index contributed by atoms with van der Waals surface area (Å²) in [6.07, 6.45) is 1.65. The molecule has 1 aromatic heterocycles. The van der Waals surface area contributed by atoms with Crippen LogP contribution in [0.4, 0.5) is 0 Å². The molecule has 120 valence electrons. The molecule has 5 nitrogen and oxygen atoms in total. The molecule has 1 aromatic carbocycles. The number of aromatic carboxylic acids is 1. The van der Waals surface area contributed by atoms with Crippen LogP contribution in [0, 0.1) is 0 Å². The molecule has 0 amide bonds. The van der Waals surface area contributed by atoms with E-state index >= 15 is 0 Å². The first-order valence-corrected chi connectivity index (χ1v) is 8.00. The van der Waals surface area contributed by atoms with Gasteiger partial charge in [-0.3, -0.25) is 4.79 Å². The molecule has 24 heavy (non-hydrogen) atoms. The van der Waals surface area contributed by atoms with Crippen molar-refractivity contribution in [3.63, 3.8) is 0 Å². The van der Waals surface area contributed by atoms with Gasteiger partial charge in [-0.1, -0.05) is 23.4 Å². The Morgan fingerprint density at radius 1 is 1.33 bits per heavy atom. The van der Waals surface area contributed by atoms with Gasteiger partial charge >= 0.3 is 29.6 Å². The van der Waals surface area contributed by atoms with Gasteiger partial charge in [-0.05, 0) is 35.9 Å². The predicted molar refractivity (Wildman–Crippen MR) is 86.0 cm³/mol. The Kier molecular flexibility index (Phi) is 8.80. The first-order valence-electron chi connectivity index (χ1n) is 6.64. The second-order valence-electron chi connectivity index (χ2n) is 4.65. The first-order chi connectivity index (χ1) is 11.0. The number of hydrogen-bond acceptors (Lipinski definition) is 6. The molecule has 0 radical (unpaired) electrons. The van der Waals surface area contributed by atoms with E-state index in [-0.39, 0.29) is 58.1 Å². The molecule has 0 aliphatic carbocycles. The minimum Gasteiger partial charge on any atom is -0.545 e. The van der Waals surface area contributed by atoms with Crippen molar-refractivity contribution in [2.45, 2.75) is 11.4 Å². The minimum absolute atomic E-state index is 0. The molecule has 0 bridgehead atoms. The van der Waals surface area contributed by atoms with Crippen molar-refractivity contribution in [2.24, 2.45) is 0 Å². The van der Waals surface area contributed by atoms with Crippen LogP contribution >= 0.6 is 23.4 Å². The van der Waals surface area contributed by atoms with Gasteiger partial charge in [0.1, 0.15) is 16.6 Å². The molecule has 0 unspecified atom stereocenters. The largest absolute Gasteiger partial charge is 1.00 e. The number of carbonyl (C=O) groups excluding carboxylic acids is 2. The van der Waals surface area contributed by atoms with Gasteiger partial charge in [0.2, 0.25) is 0 Å². The van der Waals surface area contributed by atoms with E-state index in [1.807, 2.05) is 0 Å². The Hall–Kier alpha value is -1.05. The third kappa shape index (κ3) is 6.11. The van der Waals surface area contributed by atoms with Gasteiger partial charge in [0.15, 0.2) is 0 Å². The summed E-state index contributed by atoms with van der Waals surface area (Å²) >= 11 is 7.03. The van der Waals surface area contributed by atoms with Crippen LogP contribution in [0.1, 0.15) is 15.9 Å². The number of methoxy groups -OCH3 is 1. The first kappa shape index (κ1) is 21.0. The van der Waals surface area contributed by atoms with Gasteiger partial charge < -0.3 is 14.6 Å². The van der Waals surface area contributed by atoms with Gasteiger partial charge in [-0.15, -0.1) is 0 Å². The maximum absolute atomic E-state index is 12.1. The number of carbonyl (C=O) groups is 2. The number of carboxylic acids is 1. The van der Waals surface area contributed by atoms with Crippen LogP contribution < -0.4 is 39.4 Å². The van der Waals surface area contributed by atoms with E-state index in [0.29, 0.717) is 10.8 Å². The van der Waals surface area contributed by atoms with E-state index in [1.54, 1.807) is 18.2 Å². The Morgan fingerprint density at radius 3 is 2.75 bits per heavy atom. The molecule has 0 aliphatic heterocycles. The van der Waals surface area contributed by atoms with Crippen LogP contribution in [0.3, 0.4) is 0 Å². The number of halogens is 1. The average Bonchev–Trinajstić information content (AvgIpc) is 2.52. The van der Waals surface area contributed by atoms with Gasteiger partial charge in [-0.2, -0.15) is 0 Å². The maximum atomic E-state index is 12.1. The number of ketones is 1.